The highest BCUT2D eigenvalue weighted by molar-refractivity contribution is 5.77. The zero-order valence-corrected chi connectivity index (χ0v) is 22.0. The third-order valence-electron chi connectivity index (χ3n) is 9.50. The topological polar surface area (TPSA) is 84.1 Å². The summed E-state index contributed by atoms with van der Waals surface area (Å²) in [5, 5.41) is 0. The fourth-order valence-corrected chi connectivity index (χ4v) is 6.94. The molecule has 1 aliphatic carbocycles. The molecule has 8 nitrogen and oxygen atoms in total. The van der Waals surface area contributed by atoms with Gasteiger partial charge in [-0.15, -0.1) is 0 Å². The molecule has 0 N–H and O–H groups in total. The predicted molar refractivity (Wildman–Crippen MR) is 130 cm³/mol. The molecule has 35 heavy (non-hydrogen) atoms. The minimum Gasteiger partial charge on any atom is -0.443 e. The van der Waals surface area contributed by atoms with Crippen molar-refractivity contribution in [2.75, 3.05) is 40.4 Å². The maximum absolute atomic E-state index is 13.2. The number of hydrogen-bond acceptors (Lipinski definition) is 6. The molecule has 8 heteroatoms. The van der Waals surface area contributed by atoms with Crippen LogP contribution in [0.3, 0.4) is 0 Å². The van der Waals surface area contributed by atoms with Gasteiger partial charge in [-0.1, -0.05) is 11.6 Å². The third-order valence-corrected chi connectivity index (χ3v) is 9.50. The van der Waals surface area contributed by atoms with Gasteiger partial charge in [0.1, 0.15) is 23.4 Å². The Morgan fingerprint density at radius 3 is 2.46 bits per heavy atom. The summed E-state index contributed by atoms with van der Waals surface area (Å²) in [5.41, 5.74) is 0.758. The van der Waals surface area contributed by atoms with Crippen LogP contribution in [0.2, 0.25) is 0 Å². The molecule has 5 aliphatic rings. The normalized spacial score (nSPS) is 40.1. The number of methoxy groups -OCH3 is 1. The van der Waals surface area contributed by atoms with E-state index in [0.29, 0.717) is 26.1 Å². The Morgan fingerprint density at radius 2 is 1.86 bits per heavy atom. The van der Waals surface area contributed by atoms with Gasteiger partial charge in [0.15, 0.2) is 0 Å². The average molecular weight is 491 g/mol. The van der Waals surface area contributed by atoms with Crippen LogP contribution in [0.15, 0.2) is 11.6 Å². The van der Waals surface area contributed by atoms with Crippen molar-refractivity contribution in [1.29, 1.82) is 0 Å². The Bertz CT molecular complexity index is 873. The highest BCUT2D eigenvalue weighted by Crippen LogP contribution is 2.59. The number of nitrogens with zero attached hydrogens (tertiary/aromatic N) is 2. The second kappa shape index (κ2) is 9.03. The Labute approximate surface area is 209 Å². The Morgan fingerprint density at radius 1 is 1.17 bits per heavy atom. The molecule has 4 unspecified atom stereocenters. The van der Waals surface area contributed by atoms with E-state index < -0.39 is 0 Å². The van der Waals surface area contributed by atoms with Crippen LogP contribution in [0, 0.1) is 11.3 Å². The first-order valence-corrected chi connectivity index (χ1v) is 13.3. The van der Waals surface area contributed by atoms with Crippen LogP contribution in [0.25, 0.3) is 0 Å². The van der Waals surface area contributed by atoms with E-state index >= 15 is 0 Å². The van der Waals surface area contributed by atoms with Gasteiger partial charge in [0.05, 0.1) is 18.6 Å². The van der Waals surface area contributed by atoms with Crippen molar-refractivity contribution >= 4 is 12.0 Å². The number of piperidine rings is 2. The van der Waals surface area contributed by atoms with Gasteiger partial charge in [-0.05, 0) is 64.7 Å². The summed E-state index contributed by atoms with van der Waals surface area (Å²) in [6.45, 7) is 9.17. The average Bonchev–Trinajstić information content (AvgIpc) is 3.74. The molecule has 0 aromatic rings. The van der Waals surface area contributed by atoms with Gasteiger partial charge in [0.2, 0.25) is 5.91 Å². The van der Waals surface area contributed by atoms with E-state index in [1.54, 1.807) is 7.11 Å². The van der Waals surface area contributed by atoms with E-state index in [9.17, 15) is 9.59 Å². The van der Waals surface area contributed by atoms with Gasteiger partial charge < -0.3 is 28.7 Å². The number of likely N-dealkylation sites (tertiary alicyclic amines) is 2. The molecular weight excluding hydrogens is 448 g/mol. The van der Waals surface area contributed by atoms with E-state index in [2.05, 4.69) is 26.8 Å². The number of epoxide rings is 2. The largest absolute Gasteiger partial charge is 0.443 e. The summed E-state index contributed by atoms with van der Waals surface area (Å²) in [5.74, 6) is 0.246. The number of allylic oxidation sites excluding steroid dienone is 1. The van der Waals surface area contributed by atoms with Gasteiger partial charge in [-0.25, -0.2) is 4.79 Å². The van der Waals surface area contributed by atoms with E-state index in [1.807, 2.05) is 16.8 Å². The van der Waals surface area contributed by atoms with Gasteiger partial charge in [0, 0.05) is 40.2 Å². The third kappa shape index (κ3) is 4.62. The highest BCUT2D eigenvalue weighted by atomic mass is 16.6. The lowest BCUT2D eigenvalue weighted by Crippen LogP contribution is -2.56. The van der Waals surface area contributed by atoms with Gasteiger partial charge >= 0.3 is 6.09 Å². The molecule has 2 spiro atoms. The van der Waals surface area contributed by atoms with Crippen LogP contribution in [-0.4, -0.2) is 91.7 Å². The predicted octanol–water partition coefficient (Wildman–Crippen LogP) is 3.53. The first-order valence-electron chi connectivity index (χ1n) is 13.3. The molecule has 5 fully saturated rings. The van der Waals surface area contributed by atoms with Crippen molar-refractivity contribution in [3.05, 3.63) is 11.6 Å². The van der Waals surface area contributed by atoms with Crippen LogP contribution in [-0.2, 0) is 23.7 Å². The lowest BCUT2D eigenvalue weighted by Gasteiger charge is -2.46. The Kier molecular flexibility index (Phi) is 6.46. The second-order valence-corrected chi connectivity index (χ2v) is 12.0. The van der Waals surface area contributed by atoms with E-state index in [-0.39, 0.29) is 52.8 Å². The molecule has 0 bridgehead atoms. The summed E-state index contributed by atoms with van der Waals surface area (Å²) < 4.78 is 24.4. The molecule has 0 aromatic heterocycles. The first kappa shape index (κ1) is 25.0. The highest BCUT2D eigenvalue weighted by Gasteiger charge is 2.72. The molecule has 0 aromatic carbocycles. The number of amides is 2. The van der Waals surface area contributed by atoms with Gasteiger partial charge in [-0.3, -0.25) is 4.79 Å². The van der Waals surface area contributed by atoms with Crippen LogP contribution in [0.4, 0.5) is 4.79 Å². The van der Waals surface area contributed by atoms with Crippen molar-refractivity contribution < 1.29 is 28.5 Å². The maximum atomic E-state index is 13.2. The van der Waals surface area contributed by atoms with Crippen molar-refractivity contribution in [2.24, 2.45) is 11.3 Å². The Balaban J connectivity index is 1.22. The summed E-state index contributed by atoms with van der Waals surface area (Å²) >= 11 is 0. The molecule has 4 heterocycles. The van der Waals surface area contributed by atoms with Crippen LogP contribution >= 0.6 is 0 Å². The molecule has 1 saturated carbocycles. The molecule has 4 saturated heterocycles. The van der Waals surface area contributed by atoms with Gasteiger partial charge in [-0.2, -0.15) is 0 Å². The maximum Gasteiger partial charge on any atom is 0.410 e. The number of rotatable bonds is 5. The number of hydrogen-bond donors (Lipinski definition) is 0. The molecule has 4 aliphatic heterocycles. The van der Waals surface area contributed by atoms with E-state index in [0.717, 1.165) is 45.1 Å². The van der Waals surface area contributed by atoms with Crippen LogP contribution in [0.5, 0.6) is 0 Å². The molecular formula is C27H42N2O6. The fraction of sp³-hybridized carbons (Fsp3) is 0.852. The SMILES string of the molecule is COC1C(OC(=O)N2CCC3(CCN(C)C(=O)C3)CC2)CCC2(CO2)C1[C@@]1(C)O[C@@H]1CC=C(C)C. The Hall–Kier alpha value is -1.64. The first-order chi connectivity index (χ1) is 16.6. The van der Waals surface area contributed by atoms with Crippen molar-refractivity contribution in [3.63, 3.8) is 0 Å². The van der Waals surface area contributed by atoms with Crippen molar-refractivity contribution in [3.8, 4) is 0 Å². The monoisotopic (exact) mass is 490 g/mol. The van der Waals surface area contributed by atoms with Crippen molar-refractivity contribution in [2.45, 2.75) is 95.2 Å². The zero-order chi connectivity index (χ0) is 25.0. The standard InChI is InChI=1S/C27H42N2O6/c1-18(2)6-7-20-25(3,35-20)23-22(32-5)19(8-9-27(23)17-33-27)34-24(31)29-14-11-26(12-15-29)10-13-28(4)21(30)16-26/h6,19-20,22-23H,7-17H2,1-5H3/t19?,20-,22?,23?,25+,27?/m1/s1. The molecule has 6 atom stereocenters. The van der Waals surface area contributed by atoms with Crippen molar-refractivity contribution in [1.82, 2.24) is 9.80 Å². The van der Waals surface area contributed by atoms with E-state index in [1.165, 1.54) is 5.57 Å². The summed E-state index contributed by atoms with van der Waals surface area (Å²) in [4.78, 5) is 29.1. The minimum absolute atomic E-state index is 0.0250. The molecule has 2 amide bonds. The summed E-state index contributed by atoms with van der Waals surface area (Å²) in [7, 11) is 3.58. The zero-order valence-electron chi connectivity index (χ0n) is 22.0. The summed E-state index contributed by atoms with van der Waals surface area (Å²) in [6, 6.07) is 0. The second-order valence-electron chi connectivity index (χ2n) is 12.0. The lowest BCUT2D eigenvalue weighted by molar-refractivity contribution is -0.138. The smallest absolute Gasteiger partial charge is 0.410 e. The molecule has 5 rings (SSSR count). The van der Waals surface area contributed by atoms with Crippen LogP contribution in [0.1, 0.15) is 65.7 Å². The number of ether oxygens (including phenoxy) is 4. The molecule has 0 radical (unpaired) electrons. The summed E-state index contributed by atoms with van der Waals surface area (Å²) in [6.07, 6.45) is 7.29. The number of carbonyl (C=O) groups is 2. The van der Waals surface area contributed by atoms with E-state index in [4.69, 9.17) is 18.9 Å². The quantitative estimate of drug-likeness (QED) is 0.433. The number of carbonyl (C=O) groups excluding carboxylic acids is 2. The lowest BCUT2D eigenvalue weighted by atomic mass is 9.68. The fourth-order valence-electron chi connectivity index (χ4n) is 6.94. The van der Waals surface area contributed by atoms with Crippen LogP contribution < -0.4 is 0 Å². The van der Waals surface area contributed by atoms with Gasteiger partial charge in [0.25, 0.3) is 0 Å². The molecule has 196 valence electrons. The minimum atomic E-state index is -0.341.